The summed E-state index contributed by atoms with van der Waals surface area (Å²) in [6.45, 7) is 0. The average Bonchev–Trinajstić information content (AvgIpc) is 2.23. The molecule has 0 unspecified atom stereocenters. The zero-order valence-corrected chi connectivity index (χ0v) is 9.50. The molecule has 1 N–H and O–H groups in total. The van der Waals surface area contributed by atoms with Crippen molar-refractivity contribution in [2.75, 3.05) is 7.11 Å². The number of hydrogen-bond donors (Lipinski definition) is 1. The predicted molar refractivity (Wildman–Crippen MR) is 58.5 cm³/mol. The molecule has 0 aromatic carbocycles. The second-order valence-electron chi connectivity index (χ2n) is 4.89. The first kappa shape index (κ1) is 10.9. The molecule has 0 saturated heterocycles. The van der Waals surface area contributed by atoms with Crippen LogP contribution in [0.25, 0.3) is 0 Å². The van der Waals surface area contributed by atoms with Crippen LogP contribution in [0.1, 0.15) is 44.9 Å². The quantitative estimate of drug-likeness (QED) is 0.724. The van der Waals surface area contributed by atoms with Crippen LogP contribution in [-0.4, -0.2) is 25.2 Å². The molecule has 15 heavy (non-hydrogen) atoms. The first-order chi connectivity index (χ1) is 7.29. The number of rotatable bonds is 3. The van der Waals surface area contributed by atoms with Gasteiger partial charge in [0.15, 0.2) is 0 Å². The smallest absolute Gasteiger partial charge is 0.308 e. The van der Waals surface area contributed by atoms with E-state index < -0.39 is 0 Å². The van der Waals surface area contributed by atoms with Crippen molar-refractivity contribution in [2.24, 2.45) is 5.92 Å². The van der Waals surface area contributed by atoms with E-state index in [9.17, 15) is 4.79 Å². The van der Waals surface area contributed by atoms with Gasteiger partial charge in [0, 0.05) is 12.1 Å². The molecule has 3 heteroatoms. The van der Waals surface area contributed by atoms with E-state index >= 15 is 0 Å². The Kier molecular flexibility index (Phi) is 3.62. The number of ether oxygens (including phenoxy) is 1. The van der Waals surface area contributed by atoms with Crippen LogP contribution >= 0.6 is 0 Å². The molecule has 0 radical (unpaired) electrons. The van der Waals surface area contributed by atoms with Crippen molar-refractivity contribution in [1.29, 1.82) is 0 Å². The summed E-state index contributed by atoms with van der Waals surface area (Å²) in [6.07, 6.45) is 8.72. The van der Waals surface area contributed by atoms with Gasteiger partial charge < -0.3 is 10.1 Å². The van der Waals surface area contributed by atoms with E-state index in [1.54, 1.807) is 0 Å². The van der Waals surface area contributed by atoms with Gasteiger partial charge in [-0.2, -0.15) is 0 Å². The van der Waals surface area contributed by atoms with E-state index in [1.807, 2.05) is 0 Å². The Hall–Kier alpha value is -0.570. The topological polar surface area (TPSA) is 38.3 Å². The Balaban J connectivity index is 1.64. The van der Waals surface area contributed by atoms with Crippen molar-refractivity contribution in [3.63, 3.8) is 0 Å². The third kappa shape index (κ3) is 2.71. The molecule has 2 rings (SSSR count). The van der Waals surface area contributed by atoms with E-state index in [1.165, 1.54) is 39.2 Å². The molecule has 0 heterocycles. The molecule has 3 nitrogen and oxygen atoms in total. The fraction of sp³-hybridized carbons (Fsp3) is 0.917. The maximum atomic E-state index is 11.2. The lowest BCUT2D eigenvalue weighted by Crippen LogP contribution is -2.49. The number of carbonyl (C=O) groups excluding carboxylic acids is 1. The first-order valence-corrected chi connectivity index (χ1v) is 6.13. The summed E-state index contributed by atoms with van der Waals surface area (Å²) in [4.78, 5) is 11.2. The van der Waals surface area contributed by atoms with Gasteiger partial charge >= 0.3 is 5.97 Å². The Morgan fingerprint density at radius 2 is 1.80 bits per heavy atom. The monoisotopic (exact) mass is 211 g/mol. The van der Waals surface area contributed by atoms with Crippen LogP contribution in [0.3, 0.4) is 0 Å². The Morgan fingerprint density at radius 1 is 1.13 bits per heavy atom. The highest BCUT2D eigenvalue weighted by Gasteiger charge is 2.36. The molecule has 0 bridgehead atoms. The number of nitrogens with one attached hydrogen (secondary N) is 1. The third-order valence-corrected chi connectivity index (χ3v) is 3.75. The lowest BCUT2D eigenvalue weighted by Gasteiger charge is -2.37. The highest BCUT2D eigenvalue weighted by Crippen LogP contribution is 2.30. The summed E-state index contributed by atoms with van der Waals surface area (Å²) in [5, 5.41) is 3.66. The minimum atomic E-state index is -0.0308. The van der Waals surface area contributed by atoms with Gasteiger partial charge in [-0.25, -0.2) is 0 Å². The molecular weight excluding hydrogens is 190 g/mol. The van der Waals surface area contributed by atoms with Crippen LogP contribution in [0.2, 0.25) is 0 Å². The van der Waals surface area contributed by atoms with Crippen molar-refractivity contribution in [2.45, 2.75) is 57.0 Å². The van der Waals surface area contributed by atoms with Gasteiger partial charge in [0.2, 0.25) is 0 Å². The summed E-state index contributed by atoms with van der Waals surface area (Å²) in [6, 6.07) is 1.28. The molecule has 0 aromatic heterocycles. The molecule has 2 aliphatic carbocycles. The van der Waals surface area contributed by atoms with Gasteiger partial charge in [-0.3, -0.25) is 4.79 Å². The summed E-state index contributed by atoms with van der Waals surface area (Å²) >= 11 is 0. The van der Waals surface area contributed by atoms with Crippen LogP contribution in [-0.2, 0) is 9.53 Å². The summed E-state index contributed by atoms with van der Waals surface area (Å²) in [5.74, 6) is 0.132. The van der Waals surface area contributed by atoms with Gasteiger partial charge in [-0.05, 0) is 25.7 Å². The number of esters is 1. The SMILES string of the molecule is COC(=O)C1CC(NC2CCCCC2)C1. The highest BCUT2D eigenvalue weighted by atomic mass is 16.5. The Labute approximate surface area is 91.6 Å². The van der Waals surface area contributed by atoms with E-state index in [0.29, 0.717) is 12.1 Å². The lowest BCUT2D eigenvalue weighted by atomic mass is 9.79. The predicted octanol–water partition coefficient (Wildman–Crippen LogP) is 1.86. The molecule has 0 spiro atoms. The molecule has 0 aliphatic heterocycles. The second-order valence-corrected chi connectivity index (χ2v) is 4.89. The van der Waals surface area contributed by atoms with Crippen LogP contribution in [0, 0.1) is 5.92 Å². The van der Waals surface area contributed by atoms with Gasteiger partial charge in [0.05, 0.1) is 13.0 Å². The largest absolute Gasteiger partial charge is 0.469 e. The fourth-order valence-corrected chi connectivity index (χ4v) is 2.72. The van der Waals surface area contributed by atoms with E-state index in [2.05, 4.69) is 5.32 Å². The standard InChI is InChI=1S/C12H21NO2/c1-15-12(14)9-7-11(8-9)13-10-5-3-2-4-6-10/h9-11,13H,2-8H2,1H3. The molecule has 2 aliphatic rings. The number of methoxy groups -OCH3 is 1. The summed E-state index contributed by atoms with van der Waals surface area (Å²) in [5.41, 5.74) is 0. The lowest BCUT2D eigenvalue weighted by molar-refractivity contribution is -0.149. The van der Waals surface area contributed by atoms with Crippen molar-refractivity contribution in [1.82, 2.24) is 5.32 Å². The normalized spacial score (nSPS) is 32.1. The van der Waals surface area contributed by atoms with Gasteiger partial charge in [0.25, 0.3) is 0 Å². The number of carbonyl (C=O) groups is 1. The van der Waals surface area contributed by atoms with Crippen LogP contribution in [0.15, 0.2) is 0 Å². The maximum Gasteiger partial charge on any atom is 0.308 e. The minimum Gasteiger partial charge on any atom is -0.469 e. The first-order valence-electron chi connectivity index (χ1n) is 6.13. The second kappa shape index (κ2) is 4.97. The molecule has 0 amide bonds. The molecule has 2 fully saturated rings. The minimum absolute atomic E-state index is 0.0308. The van der Waals surface area contributed by atoms with Crippen molar-refractivity contribution in [3.05, 3.63) is 0 Å². The van der Waals surface area contributed by atoms with Crippen molar-refractivity contribution < 1.29 is 9.53 Å². The summed E-state index contributed by atoms with van der Waals surface area (Å²) < 4.78 is 4.73. The van der Waals surface area contributed by atoms with Crippen LogP contribution < -0.4 is 5.32 Å². The van der Waals surface area contributed by atoms with E-state index in [-0.39, 0.29) is 11.9 Å². The molecule has 0 aromatic rings. The van der Waals surface area contributed by atoms with E-state index in [4.69, 9.17) is 4.74 Å². The van der Waals surface area contributed by atoms with Crippen LogP contribution in [0.4, 0.5) is 0 Å². The zero-order chi connectivity index (χ0) is 10.7. The van der Waals surface area contributed by atoms with Crippen molar-refractivity contribution >= 4 is 5.97 Å². The van der Waals surface area contributed by atoms with Gasteiger partial charge in [-0.15, -0.1) is 0 Å². The third-order valence-electron chi connectivity index (χ3n) is 3.75. The van der Waals surface area contributed by atoms with E-state index in [0.717, 1.165) is 12.8 Å². The molecule has 0 atom stereocenters. The highest BCUT2D eigenvalue weighted by molar-refractivity contribution is 5.73. The number of hydrogen-bond acceptors (Lipinski definition) is 3. The Bertz CT molecular complexity index is 218. The van der Waals surface area contributed by atoms with Crippen molar-refractivity contribution in [3.8, 4) is 0 Å². The molecular formula is C12H21NO2. The average molecular weight is 211 g/mol. The van der Waals surface area contributed by atoms with Crippen LogP contribution in [0.5, 0.6) is 0 Å². The molecule has 86 valence electrons. The fourth-order valence-electron chi connectivity index (χ4n) is 2.72. The molecule has 2 saturated carbocycles. The maximum absolute atomic E-state index is 11.2. The summed E-state index contributed by atoms with van der Waals surface area (Å²) in [7, 11) is 1.48. The van der Waals surface area contributed by atoms with Gasteiger partial charge in [0.1, 0.15) is 0 Å². The zero-order valence-electron chi connectivity index (χ0n) is 9.50. The Morgan fingerprint density at radius 3 is 2.40 bits per heavy atom. The van der Waals surface area contributed by atoms with Gasteiger partial charge in [-0.1, -0.05) is 19.3 Å².